The summed E-state index contributed by atoms with van der Waals surface area (Å²) < 4.78 is 61.1. The lowest BCUT2D eigenvalue weighted by Crippen LogP contribution is -2.23. The Bertz CT molecular complexity index is 680. The molecule has 0 aliphatic rings. The zero-order valence-electron chi connectivity index (χ0n) is 10.7. The van der Waals surface area contributed by atoms with Crippen molar-refractivity contribution >= 4 is 15.5 Å². The van der Waals surface area contributed by atoms with E-state index in [4.69, 9.17) is 0 Å². The first-order valence-corrected chi connectivity index (χ1v) is 7.42. The zero-order valence-corrected chi connectivity index (χ0v) is 11.5. The Balaban J connectivity index is 1.99. The van der Waals surface area contributed by atoms with E-state index in [9.17, 15) is 21.6 Å². The van der Waals surface area contributed by atoms with Crippen molar-refractivity contribution in [1.29, 1.82) is 0 Å². The molecule has 0 saturated carbocycles. The summed E-state index contributed by atoms with van der Waals surface area (Å²) in [7, 11) is -5.29. The van der Waals surface area contributed by atoms with Crippen LogP contribution in [-0.2, 0) is 16.4 Å². The number of rotatable bonds is 5. The molecule has 2 aromatic rings. The van der Waals surface area contributed by atoms with E-state index in [0.717, 1.165) is 12.1 Å². The zero-order chi connectivity index (χ0) is 15.5. The van der Waals surface area contributed by atoms with Crippen LogP contribution < -0.4 is 5.32 Å². The van der Waals surface area contributed by atoms with Crippen LogP contribution in [0.2, 0.25) is 0 Å². The van der Waals surface area contributed by atoms with E-state index in [0.29, 0.717) is 18.8 Å². The van der Waals surface area contributed by atoms with Crippen molar-refractivity contribution in [3.63, 3.8) is 0 Å². The molecule has 0 saturated heterocycles. The molecule has 0 spiro atoms. The molecule has 114 valence electrons. The van der Waals surface area contributed by atoms with Crippen LogP contribution in [0.3, 0.4) is 0 Å². The summed E-state index contributed by atoms with van der Waals surface area (Å²) in [4.78, 5) is -0.771. The van der Waals surface area contributed by atoms with Gasteiger partial charge in [-0.2, -0.15) is 18.3 Å². The number of halogens is 3. The molecule has 1 N–H and O–H groups in total. The van der Waals surface area contributed by atoms with Crippen LogP contribution in [0.15, 0.2) is 47.6 Å². The van der Waals surface area contributed by atoms with Crippen molar-refractivity contribution < 1.29 is 21.6 Å². The maximum Gasteiger partial charge on any atom is 0.501 e. The third kappa shape index (κ3) is 3.54. The number of alkyl halides is 3. The Kier molecular flexibility index (Phi) is 4.21. The Labute approximate surface area is 119 Å². The molecule has 21 heavy (non-hydrogen) atoms. The molecular weight excluding hydrogens is 307 g/mol. The van der Waals surface area contributed by atoms with Crippen LogP contribution in [0.1, 0.15) is 0 Å². The molecule has 0 atom stereocenters. The topological polar surface area (TPSA) is 64.0 Å². The Hall–Kier alpha value is -2.03. The van der Waals surface area contributed by atoms with E-state index >= 15 is 0 Å². The van der Waals surface area contributed by atoms with E-state index in [2.05, 4.69) is 10.4 Å². The standard InChI is InChI=1S/C12H12F3N3O2S/c13-12(14,15)21(19,20)11-4-2-10(3-5-11)16-7-9-18-8-1-6-17-18/h1-6,8,16H,7,9H2. The summed E-state index contributed by atoms with van der Waals surface area (Å²) >= 11 is 0. The Morgan fingerprint density at radius 3 is 2.38 bits per heavy atom. The smallest absolute Gasteiger partial charge is 0.383 e. The van der Waals surface area contributed by atoms with Gasteiger partial charge in [0.25, 0.3) is 9.84 Å². The predicted molar refractivity (Wildman–Crippen MR) is 70.4 cm³/mol. The third-order valence-corrected chi connectivity index (χ3v) is 4.20. The highest BCUT2D eigenvalue weighted by Gasteiger charge is 2.46. The molecule has 2 rings (SSSR count). The molecule has 9 heteroatoms. The van der Waals surface area contributed by atoms with E-state index < -0.39 is 20.2 Å². The molecule has 0 bridgehead atoms. The molecule has 1 heterocycles. The van der Waals surface area contributed by atoms with E-state index in [-0.39, 0.29) is 0 Å². The van der Waals surface area contributed by atoms with Gasteiger partial charge in [0.15, 0.2) is 0 Å². The molecule has 1 aromatic heterocycles. The largest absolute Gasteiger partial charge is 0.501 e. The van der Waals surface area contributed by atoms with Gasteiger partial charge < -0.3 is 5.32 Å². The number of nitrogens with one attached hydrogen (secondary N) is 1. The van der Waals surface area contributed by atoms with E-state index in [1.807, 2.05) is 0 Å². The van der Waals surface area contributed by atoms with Crippen LogP contribution in [0.5, 0.6) is 0 Å². The third-order valence-electron chi connectivity index (χ3n) is 2.70. The lowest BCUT2D eigenvalue weighted by atomic mass is 10.3. The first-order valence-electron chi connectivity index (χ1n) is 5.93. The predicted octanol–water partition coefficient (Wildman–Crippen LogP) is 2.29. The lowest BCUT2D eigenvalue weighted by Gasteiger charge is -2.10. The SMILES string of the molecule is O=S(=O)(c1ccc(NCCn2cccn2)cc1)C(F)(F)F. The first-order chi connectivity index (χ1) is 9.80. The van der Waals surface area contributed by atoms with Crippen molar-refractivity contribution in [2.24, 2.45) is 0 Å². The summed E-state index contributed by atoms with van der Waals surface area (Å²) in [5.41, 5.74) is -4.76. The van der Waals surface area contributed by atoms with Gasteiger partial charge in [0.2, 0.25) is 0 Å². The second kappa shape index (κ2) is 5.76. The van der Waals surface area contributed by atoms with Gasteiger partial charge in [0, 0.05) is 24.6 Å². The molecule has 0 aliphatic carbocycles. The highest BCUT2D eigenvalue weighted by atomic mass is 32.2. The normalized spacial score (nSPS) is 12.3. The van der Waals surface area contributed by atoms with Gasteiger partial charge in [0.1, 0.15) is 0 Å². The molecular formula is C12H12F3N3O2S. The molecule has 0 radical (unpaired) electrons. The van der Waals surface area contributed by atoms with Crippen LogP contribution in [-0.4, -0.2) is 30.3 Å². The average Bonchev–Trinajstić information content (AvgIpc) is 2.91. The second-order valence-corrected chi connectivity index (χ2v) is 6.11. The lowest BCUT2D eigenvalue weighted by molar-refractivity contribution is -0.0436. The molecule has 0 fully saturated rings. The van der Waals surface area contributed by atoms with Gasteiger partial charge in [-0.25, -0.2) is 8.42 Å². The quantitative estimate of drug-likeness (QED) is 0.918. The minimum atomic E-state index is -5.29. The molecule has 0 amide bonds. The first kappa shape index (κ1) is 15.4. The monoisotopic (exact) mass is 319 g/mol. The van der Waals surface area contributed by atoms with Crippen molar-refractivity contribution in [3.8, 4) is 0 Å². The molecule has 0 aliphatic heterocycles. The molecule has 5 nitrogen and oxygen atoms in total. The Morgan fingerprint density at radius 1 is 1.19 bits per heavy atom. The fourth-order valence-electron chi connectivity index (χ4n) is 1.63. The number of aromatic nitrogens is 2. The summed E-state index contributed by atoms with van der Waals surface area (Å²) in [6.45, 7) is 1.09. The maximum absolute atomic E-state index is 12.4. The number of sulfone groups is 1. The number of nitrogens with zero attached hydrogens (tertiary/aromatic N) is 2. The van der Waals surface area contributed by atoms with Crippen LogP contribution in [0, 0.1) is 0 Å². The Morgan fingerprint density at radius 2 is 1.86 bits per heavy atom. The minimum Gasteiger partial charge on any atom is -0.383 e. The van der Waals surface area contributed by atoms with E-state index in [1.54, 1.807) is 23.1 Å². The number of hydrogen-bond donors (Lipinski definition) is 1. The fraction of sp³-hybridized carbons (Fsp3) is 0.250. The highest BCUT2D eigenvalue weighted by molar-refractivity contribution is 7.92. The summed E-state index contributed by atoms with van der Waals surface area (Å²) in [5.74, 6) is 0. The maximum atomic E-state index is 12.4. The number of hydrogen-bond acceptors (Lipinski definition) is 4. The van der Waals surface area contributed by atoms with Crippen LogP contribution in [0.4, 0.5) is 18.9 Å². The van der Waals surface area contributed by atoms with Gasteiger partial charge in [-0.1, -0.05) is 0 Å². The highest BCUT2D eigenvalue weighted by Crippen LogP contribution is 2.30. The second-order valence-electron chi connectivity index (χ2n) is 4.17. The van der Waals surface area contributed by atoms with Gasteiger partial charge >= 0.3 is 5.51 Å². The van der Waals surface area contributed by atoms with Crippen molar-refractivity contribution in [1.82, 2.24) is 9.78 Å². The van der Waals surface area contributed by atoms with Gasteiger partial charge in [-0.15, -0.1) is 0 Å². The van der Waals surface area contributed by atoms with Crippen molar-refractivity contribution in [2.45, 2.75) is 16.9 Å². The van der Waals surface area contributed by atoms with Gasteiger partial charge in [0.05, 0.1) is 11.4 Å². The summed E-state index contributed by atoms with van der Waals surface area (Å²) in [6, 6.07) is 6.22. The van der Waals surface area contributed by atoms with Crippen molar-refractivity contribution in [2.75, 3.05) is 11.9 Å². The average molecular weight is 319 g/mol. The van der Waals surface area contributed by atoms with Crippen LogP contribution in [0.25, 0.3) is 0 Å². The minimum absolute atomic E-state index is 0.507. The van der Waals surface area contributed by atoms with Gasteiger partial charge in [-0.3, -0.25) is 4.68 Å². The number of anilines is 1. The molecule has 0 unspecified atom stereocenters. The van der Waals surface area contributed by atoms with Crippen molar-refractivity contribution in [3.05, 3.63) is 42.7 Å². The summed E-state index contributed by atoms with van der Waals surface area (Å²) in [6.07, 6.45) is 3.41. The van der Waals surface area contributed by atoms with Gasteiger partial charge in [-0.05, 0) is 30.3 Å². The summed E-state index contributed by atoms with van der Waals surface area (Å²) in [5, 5.41) is 6.96. The van der Waals surface area contributed by atoms with Crippen LogP contribution >= 0.6 is 0 Å². The van der Waals surface area contributed by atoms with E-state index in [1.165, 1.54) is 12.1 Å². The fourth-order valence-corrected chi connectivity index (χ4v) is 2.39. The number of benzene rings is 1. The molecule has 1 aromatic carbocycles.